The molecule has 0 aliphatic rings. The first-order valence-corrected chi connectivity index (χ1v) is 11.0. The minimum Gasteiger partial charge on any atom is -0.497 e. The Kier molecular flexibility index (Phi) is 6.91. The summed E-state index contributed by atoms with van der Waals surface area (Å²) in [5.74, 6) is -0.322. The van der Waals surface area contributed by atoms with E-state index >= 15 is 0 Å². The van der Waals surface area contributed by atoms with Crippen LogP contribution in [0.1, 0.15) is 18.5 Å². The van der Waals surface area contributed by atoms with Crippen LogP contribution in [0.2, 0.25) is 0 Å². The zero-order valence-corrected chi connectivity index (χ0v) is 18.0. The number of benzene rings is 3. The van der Waals surface area contributed by atoms with Crippen molar-refractivity contribution < 1.29 is 22.3 Å². The SMILES string of the molecule is COc1ccc([C@H](C)NC(=O)CN(c2ccccc2)S(=O)(=O)c2ccc(F)cc2)cc1. The molecule has 0 saturated heterocycles. The van der Waals surface area contributed by atoms with Crippen molar-refractivity contribution in [3.05, 3.63) is 90.2 Å². The lowest BCUT2D eigenvalue weighted by Crippen LogP contribution is -2.41. The number of sulfonamides is 1. The second kappa shape index (κ2) is 9.61. The summed E-state index contributed by atoms with van der Waals surface area (Å²) in [5, 5.41) is 2.82. The number of para-hydroxylation sites is 1. The molecular weight excluding hydrogens is 419 g/mol. The maximum atomic E-state index is 13.3. The van der Waals surface area contributed by atoms with Crippen molar-refractivity contribution in [2.24, 2.45) is 0 Å². The van der Waals surface area contributed by atoms with Gasteiger partial charge in [-0.05, 0) is 61.0 Å². The average Bonchev–Trinajstić information content (AvgIpc) is 2.78. The first-order valence-electron chi connectivity index (χ1n) is 9.58. The zero-order valence-electron chi connectivity index (χ0n) is 17.2. The van der Waals surface area contributed by atoms with Crippen molar-refractivity contribution in [2.75, 3.05) is 18.0 Å². The molecule has 1 atom stereocenters. The molecule has 0 fully saturated rings. The van der Waals surface area contributed by atoms with E-state index in [1.807, 2.05) is 12.1 Å². The summed E-state index contributed by atoms with van der Waals surface area (Å²) < 4.78 is 45.9. The third-order valence-electron chi connectivity index (χ3n) is 4.73. The zero-order chi connectivity index (χ0) is 22.4. The molecular formula is C23H23FN2O4S. The number of amides is 1. The van der Waals surface area contributed by atoms with Gasteiger partial charge in [-0.2, -0.15) is 0 Å². The molecule has 6 nitrogen and oxygen atoms in total. The van der Waals surface area contributed by atoms with Crippen molar-refractivity contribution in [1.82, 2.24) is 5.32 Å². The first kappa shape index (κ1) is 22.3. The number of halogens is 1. The molecule has 0 heterocycles. The molecule has 3 aromatic rings. The Labute approximate surface area is 181 Å². The third-order valence-corrected chi connectivity index (χ3v) is 6.51. The van der Waals surface area contributed by atoms with Crippen molar-refractivity contribution in [1.29, 1.82) is 0 Å². The van der Waals surface area contributed by atoms with Crippen molar-refractivity contribution in [3.8, 4) is 5.75 Å². The second-order valence-corrected chi connectivity index (χ2v) is 8.73. The number of carbonyl (C=O) groups excluding carboxylic acids is 1. The lowest BCUT2D eigenvalue weighted by atomic mass is 10.1. The molecule has 0 bridgehead atoms. The monoisotopic (exact) mass is 442 g/mol. The van der Waals surface area contributed by atoms with E-state index in [0.717, 1.165) is 22.0 Å². The van der Waals surface area contributed by atoms with Crippen molar-refractivity contribution in [3.63, 3.8) is 0 Å². The standard InChI is InChI=1S/C23H23FN2O4S/c1-17(18-8-12-21(30-2)13-9-18)25-23(27)16-26(20-6-4-3-5-7-20)31(28,29)22-14-10-19(24)11-15-22/h3-15,17H,16H2,1-2H3,(H,25,27)/t17-/m0/s1. The maximum absolute atomic E-state index is 13.3. The molecule has 3 rings (SSSR count). The third kappa shape index (κ3) is 5.40. The van der Waals surface area contributed by atoms with E-state index in [1.165, 1.54) is 12.1 Å². The molecule has 0 radical (unpaired) electrons. The Balaban J connectivity index is 1.83. The first-order chi connectivity index (χ1) is 14.8. The number of methoxy groups -OCH3 is 1. The van der Waals surface area contributed by atoms with Gasteiger partial charge in [-0.25, -0.2) is 12.8 Å². The fourth-order valence-electron chi connectivity index (χ4n) is 3.04. The van der Waals surface area contributed by atoms with Crippen LogP contribution in [0.25, 0.3) is 0 Å². The van der Waals surface area contributed by atoms with E-state index in [4.69, 9.17) is 4.74 Å². The molecule has 0 saturated carbocycles. The van der Waals surface area contributed by atoms with Gasteiger partial charge in [0.2, 0.25) is 5.91 Å². The number of nitrogens with one attached hydrogen (secondary N) is 1. The minimum atomic E-state index is -4.09. The predicted octanol–water partition coefficient (Wildman–Crippen LogP) is 3.91. The number of rotatable bonds is 8. The normalized spacial score (nSPS) is 12.1. The van der Waals surface area contributed by atoms with Gasteiger partial charge >= 0.3 is 0 Å². The second-order valence-electron chi connectivity index (χ2n) is 6.86. The summed E-state index contributed by atoms with van der Waals surface area (Å²) >= 11 is 0. The lowest BCUT2D eigenvalue weighted by molar-refractivity contribution is -0.120. The summed E-state index contributed by atoms with van der Waals surface area (Å²) in [4.78, 5) is 12.7. The molecule has 0 unspecified atom stereocenters. The van der Waals surface area contributed by atoms with E-state index in [9.17, 15) is 17.6 Å². The highest BCUT2D eigenvalue weighted by molar-refractivity contribution is 7.92. The lowest BCUT2D eigenvalue weighted by Gasteiger charge is -2.25. The van der Waals surface area contributed by atoms with E-state index in [1.54, 1.807) is 56.5 Å². The molecule has 0 aromatic heterocycles. The van der Waals surface area contributed by atoms with Crippen LogP contribution in [0.4, 0.5) is 10.1 Å². The van der Waals surface area contributed by atoms with Crippen molar-refractivity contribution in [2.45, 2.75) is 17.9 Å². The van der Waals surface area contributed by atoms with Crippen LogP contribution in [-0.4, -0.2) is 28.0 Å². The summed E-state index contributed by atoms with van der Waals surface area (Å²) in [6, 6.07) is 19.7. The minimum absolute atomic E-state index is 0.103. The van der Waals surface area contributed by atoms with Crippen LogP contribution in [0, 0.1) is 5.82 Å². The van der Waals surface area contributed by atoms with Gasteiger partial charge in [0.1, 0.15) is 18.1 Å². The van der Waals surface area contributed by atoms with Crippen LogP contribution in [0.5, 0.6) is 5.75 Å². The molecule has 0 spiro atoms. The molecule has 0 aliphatic heterocycles. The van der Waals surface area contributed by atoms with Gasteiger partial charge < -0.3 is 10.1 Å². The van der Waals surface area contributed by atoms with Crippen LogP contribution < -0.4 is 14.4 Å². The van der Waals surface area contributed by atoms with Gasteiger partial charge in [-0.3, -0.25) is 9.10 Å². The number of nitrogens with zero attached hydrogens (tertiary/aromatic N) is 1. The van der Waals surface area contributed by atoms with Gasteiger partial charge in [0.05, 0.1) is 23.7 Å². The Hall–Kier alpha value is -3.39. The molecule has 162 valence electrons. The van der Waals surface area contributed by atoms with Crippen LogP contribution in [0.3, 0.4) is 0 Å². The highest BCUT2D eigenvalue weighted by atomic mass is 32.2. The fraction of sp³-hybridized carbons (Fsp3) is 0.174. The van der Waals surface area contributed by atoms with Crippen LogP contribution in [0.15, 0.2) is 83.8 Å². The van der Waals surface area contributed by atoms with Gasteiger partial charge in [0, 0.05) is 0 Å². The number of hydrogen-bond donors (Lipinski definition) is 1. The van der Waals surface area contributed by atoms with Gasteiger partial charge in [0.15, 0.2) is 0 Å². The van der Waals surface area contributed by atoms with Gasteiger partial charge in [-0.15, -0.1) is 0 Å². The van der Waals surface area contributed by atoms with E-state index < -0.39 is 28.3 Å². The summed E-state index contributed by atoms with van der Waals surface area (Å²) in [7, 11) is -2.52. The van der Waals surface area contributed by atoms with E-state index in [2.05, 4.69) is 5.32 Å². The Morgan fingerprint density at radius 3 is 2.19 bits per heavy atom. The van der Waals surface area contributed by atoms with Crippen LogP contribution >= 0.6 is 0 Å². The van der Waals surface area contributed by atoms with E-state index in [0.29, 0.717) is 11.4 Å². The quantitative estimate of drug-likeness (QED) is 0.574. The van der Waals surface area contributed by atoms with Crippen LogP contribution in [-0.2, 0) is 14.8 Å². The summed E-state index contributed by atoms with van der Waals surface area (Å²) in [6.45, 7) is 1.38. The Morgan fingerprint density at radius 2 is 1.61 bits per heavy atom. The molecule has 1 N–H and O–H groups in total. The summed E-state index contributed by atoms with van der Waals surface area (Å²) in [6.07, 6.45) is 0. The fourth-order valence-corrected chi connectivity index (χ4v) is 4.46. The number of carbonyl (C=O) groups is 1. The number of hydrogen-bond acceptors (Lipinski definition) is 4. The highest BCUT2D eigenvalue weighted by Gasteiger charge is 2.27. The van der Waals surface area contributed by atoms with Crippen molar-refractivity contribution >= 4 is 21.6 Å². The summed E-state index contributed by atoms with van der Waals surface area (Å²) in [5.41, 5.74) is 1.18. The molecule has 8 heteroatoms. The average molecular weight is 443 g/mol. The Morgan fingerprint density at radius 1 is 1.00 bits per heavy atom. The van der Waals surface area contributed by atoms with E-state index in [-0.39, 0.29) is 10.9 Å². The predicted molar refractivity (Wildman–Crippen MR) is 117 cm³/mol. The molecule has 0 aliphatic carbocycles. The molecule has 1 amide bonds. The van der Waals surface area contributed by atoms with Gasteiger partial charge in [-0.1, -0.05) is 30.3 Å². The largest absolute Gasteiger partial charge is 0.497 e. The Bertz CT molecular complexity index is 1120. The molecule has 3 aromatic carbocycles. The number of ether oxygens (including phenoxy) is 1. The topological polar surface area (TPSA) is 75.7 Å². The smallest absolute Gasteiger partial charge is 0.264 e. The molecule has 31 heavy (non-hydrogen) atoms. The van der Waals surface area contributed by atoms with Gasteiger partial charge in [0.25, 0.3) is 10.0 Å². The highest BCUT2D eigenvalue weighted by Crippen LogP contribution is 2.24. The number of anilines is 1. The maximum Gasteiger partial charge on any atom is 0.264 e.